The number of hydrogen-bond donors (Lipinski definition) is 5. The zero-order valence-electron chi connectivity index (χ0n) is 35.3. The predicted molar refractivity (Wildman–Crippen MR) is 228 cm³/mol. The van der Waals surface area contributed by atoms with Crippen LogP contribution in [-0.4, -0.2) is 96.4 Å². The molecular formula is C47H59N5O9. The van der Waals surface area contributed by atoms with Gasteiger partial charge in [-0.1, -0.05) is 106 Å². The number of esters is 1. The van der Waals surface area contributed by atoms with E-state index in [-0.39, 0.29) is 49.8 Å². The Morgan fingerprint density at radius 3 is 2.05 bits per heavy atom. The number of alkyl carbamates (subject to hydrolysis) is 1. The zero-order chi connectivity index (χ0) is 43.5. The minimum atomic E-state index is -1.17. The van der Waals surface area contributed by atoms with Crippen LogP contribution in [0.4, 0.5) is 9.59 Å². The van der Waals surface area contributed by atoms with Crippen LogP contribution >= 0.6 is 0 Å². The topological polar surface area (TPSA) is 192 Å². The summed E-state index contributed by atoms with van der Waals surface area (Å²) in [6.07, 6.45) is 3.35. The first-order chi connectivity index (χ1) is 29.4. The number of nitrogens with zero attached hydrogens (tertiary/aromatic N) is 1. The number of likely N-dealkylation sites (tertiary alicyclic amines) is 1. The molecule has 5 N–H and O–H groups in total. The first-order valence-electron chi connectivity index (χ1n) is 21.6. The summed E-state index contributed by atoms with van der Waals surface area (Å²) in [6.45, 7) is 4.23. The number of carboxylic acid groups (broad SMARTS) is 1. The van der Waals surface area contributed by atoms with Gasteiger partial charge in [0.15, 0.2) is 0 Å². The molecule has 14 nitrogen and oxygen atoms in total. The van der Waals surface area contributed by atoms with Crippen molar-refractivity contribution in [2.75, 3.05) is 20.3 Å². The Morgan fingerprint density at radius 2 is 1.39 bits per heavy atom. The maximum absolute atomic E-state index is 14.3. The average Bonchev–Trinajstić information content (AvgIpc) is 3.81. The van der Waals surface area contributed by atoms with Crippen molar-refractivity contribution >= 4 is 35.9 Å². The summed E-state index contributed by atoms with van der Waals surface area (Å²) >= 11 is 0. The molecule has 1 saturated carbocycles. The summed E-state index contributed by atoms with van der Waals surface area (Å²) in [7, 11) is 1.25. The number of nitrogens with one attached hydrogen (secondary N) is 4. The molecular weight excluding hydrogens is 779 g/mol. The third-order valence-electron chi connectivity index (χ3n) is 12.2. The van der Waals surface area contributed by atoms with Crippen LogP contribution in [-0.2, 0) is 35.1 Å². The molecule has 3 aromatic rings. The molecule has 5 amide bonds. The van der Waals surface area contributed by atoms with E-state index in [0.29, 0.717) is 32.1 Å². The Hall–Kier alpha value is -5.92. The number of carbonyl (C=O) groups is 6. The molecule has 3 aliphatic rings. The molecule has 0 radical (unpaired) electrons. The third-order valence-corrected chi connectivity index (χ3v) is 12.2. The molecule has 0 bridgehead atoms. The van der Waals surface area contributed by atoms with E-state index in [1.54, 1.807) is 0 Å². The molecule has 2 fully saturated rings. The SMILES string of the molecule is COC(=O)[C@H](CC(C)C)NC(=O)[C@H](Cc1ccccc1)NC(=O)[C@H](CCCCNC(=O)OCC1c2ccccc2-c2ccccc21)NC(=O)[C@@H]1C[C@@H]2CCCC[C@@H]2N1C(=O)O. The molecule has 0 aromatic heterocycles. The lowest BCUT2D eigenvalue weighted by atomic mass is 9.85. The van der Waals surface area contributed by atoms with Crippen LogP contribution in [0.2, 0.25) is 0 Å². The van der Waals surface area contributed by atoms with Gasteiger partial charge in [-0.25, -0.2) is 14.4 Å². The van der Waals surface area contributed by atoms with Crippen LogP contribution in [0.25, 0.3) is 11.1 Å². The van der Waals surface area contributed by atoms with Crippen LogP contribution in [0.15, 0.2) is 78.9 Å². The number of rotatable bonds is 18. The molecule has 1 saturated heterocycles. The quantitative estimate of drug-likeness (QED) is 0.0764. The fraction of sp³-hybridized carbons (Fsp3) is 0.489. The lowest BCUT2D eigenvalue weighted by molar-refractivity contribution is -0.146. The molecule has 2 aliphatic carbocycles. The first kappa shape index (κ1) is 44.6. The van der Waals surface area contributed by atoms with Crippen LogP contribution in [0.5, 0.6) is 0 Å². The Labute approximate surface area is 357 Å². The summed E-state index contributed by atoms with van der Waals surface area (Å²) in [4.78, 5) is 81.4. The summed E-state index contributed by atoms with van der Waals surface area (Å²) in [5.74, 6) is -2.38. The molecule has 0 spiro atoms. The highest BCUT2D eigenvalue weighted by Crippen LogP contribution is 2.44. The first-order valence-corrected chi connectivity index (χ1v) is 21.6. The number of hydrogen-bond acceptors (Lipinski definition) is 8. The van der Waals surface area contributed by atoms with Crippen LogP contribution in [0.3, 0.4) is 0 Å². The van der Waals surface area contributed by atoms with Crippen molar-refractivity contribution < 1.29 is 43.3 Å². The largest absolute Gasteiger partial charge is 0.467 e. The van der Waals surface area contributed by atoms with Crippen molar-refractivity contribution in [2.24, 2.45) is 11.8 Å². The molecule has 0 unspecified atom stereocenters. The third kappa shape index (κ3) is 11.3. The number of benzene rings is 3. The van der Waals surface area contributed by atoms with Gasteiger partial charge in [0.05, 0.1) is 7.11 Å². The van der Waals surface area contributed by atoms with E-state index in [1.165, 1.54) is 12.0 Å². The monoisotopic (exact) mass is 837 g/mol. The average molecular weight is 838 g/mol. The van der Waals surface area contributed by atoms with Gasteiger partial charge in [0.25, 0.3) is 0 Å². The number of methoxy groups -OCH3 is 1. The summed E-state index contributed by atoms with van der Waals surface area (Å²) < 4.78 is 10.6. The van der Waals surface area contributed by atoms with Crippen LogP contribution in [0.1, 0.15) is 94.2 Å². The van der Waals surface area contributed by atoms with Gasteiger partial charge in [-0.15, -0.1) is 0 Å². The van der Waals surface area contributed by atoms with Gasteiger partial charge in [-0.2, -0.15) is 0 Å². The number of fused-ring (bicyclic) bond motifs is 4. The fourth-order valence-electron chi connectivity index (χ4n) is 9.25. The molecule has 61 heavy (non-hydrogen) atoms. The molecule has 3 aromatic carbocycles. The van der Waals surface area contributed by atoms with E-state index in [4.69, 9.17) is 9.47 Å². The normalized spacial score (nSPS) is 19.3. The van der Waals surface area contributed by atoms with Crippen LogP contribution in [0, 0.1) is 11.8 Å². The van der Waals surface area contributed by atoms with E-state index in [0.717, 1.165) is 47.1 Å². The fourth-order valence-corrected chi connectivity index (χ4v) is 9.25. The highest BCUT2D eigenvalue weighted by Gasteiger charge is 2.48. The zero-order valence-corrected chi connectivity index (χ0v) is 35.3. The Morgan fingerprint density at radius 1 is 0.770 bits per heavy atom. The van der Waals surface area contributed by atoms with Crippen molar-refractivity contribution in [1.82, 2.24) is 26.2 Å². The molecule has 6 atom stereocenters. The van der Waals surface area contributed by atoms with E-state index in [2.05, 4.69) is 33.4 Å². The van der Waals surface area contributed by atoms with Gasteiger partial charge >= 0.3 is 18.2 Å². The lowest BCUT2D eigenvalue weighted by Gasteiger charge is -2.32. The molecule has 14 heteroatoms. The van der Waals surface area contributed by atoms with E-state index in [1.807, 2.05) is 80.6 Å². The van der Waals surface area contributed by atoms with Gasteiger partial charge in [-0.3, -0.25) is 19.3 Å². The van der Waals surface area contributed by atoms with E-state index < -0.39 is 60.0 Å². The summed E-state index contributed by atoms with van der Waals surface area (Å²) in [6, 6.07) is 20.8. The molecule has 326 valence electrons. The summed E-state index contributed by atoms with van der Waals surface area (Å²) in [5, 5.41) is 21.4. The highest BCUT2D eigenvalue weighted by atomic mass is 16.5. The standard InChI is InChI=1S/C47H59N5O9/c1-29(2)25-39(45(56)60-3)51-43(54)38(26-30-15-5-4-6-16-30)50-42(53)37(49-44(55)41-27-31-17-7-12-23-40(31)52(41)47(58)59)22-13-14-24-48-46(57)61-28-36-34-20-10-8-18-32(34)33-19-9-11-21-35(33)36/h4-6,8-11,15-16,18-21,29,31,36-41H,7,12-14,17,22-28H2,1-3H3,(H,48,57)(H,49,55)(H,50,53)(H,51,54)(H,58,59)/t31-,37-,38-,39-,40-,41-/m0/s1. The minimum Gasteiger partial charge on any atom is -0.467 e. The Bertz CT molecular complexity index is 1980. The van der Waals surface area contributed by atoms with Crippen molar-refractivity contribution in [3.8, 4) is 11.1 Å². The molecule has 1 aliphatic heterocycles. The maximum atomic E-state index is 14.3. The number of carbonyl (C=O) groups excluding carboxylic acids is 5. The highest BCUT2D eigenvalue weighted by molar-refractivity contribution is 5.95. The lowest BCUT2D eigenvalue weighted by Crippen LogP contribution is -2.58. The van der Waals surface area contributed by atoms with Gasteiger partial charge in [0.2, 0.25) is 17.7 Å². The van der Waals surface area contributed by atoms with Gasteiger partial charge < -0.3 is 35.8 Å². The van der Waals surface area contributed by atoms with E-state index >= 15 is 0 Å². The summed E-state index contributed by atoms with van der Waals surface area (Å²) in [5.41, 5.74) is 5.22. The van der Waals surface area contributed by atoms with Crippen molar-refractivity contribution in [1.29, 1.82) is 0 Å². The Kier molecular flexibility index (Phi) is 15.4. The van der Waals surface area contributed by atoms with E-state index in [9.17, 15) is 33.9 Å². The Balaban J connectivity index is 1.11. The van der Waals surface area contributed by atoms with Crippen molar-refractivity contribution in [3.05, 3.63) is 95.6 Å². The predicted octanol–water partition coefficient (Wildman–Crippen LogP) is 5.92. The smallest absolute Gasteiger partial charge is 0.408 e. The molecule has 6 rings (SSSR count). The second-order valence-electron chi connectivity index (χ2n) is 16.8. The molecule has 1 heterocycles. The van der Waals surface area contributed by atoms with Gasteiger partial charge in [0, 0.05) is 24.9 Å². The van der Waals surface area contributed by atoms with Gasteiger partial charge in [0.1, 0.15) is 30.8 Å². The van der Waals surface area contributed by atoms with Crippen LogP contribution < -0.4 is 21.3 Å². The number of ether oxygens (including phenoxy) is 2. The van der Waals surface area contributed by atoms with Crippen molar-refractivity contribution in [3.63, 3.8) is 0 Å². The second-order valence-corrected chi connectivity index (χ2v) is 16.8. The minimum absolute atomic E-state index is 0.0505. The van der Waals surface area contributed by atoms with Crippen molar-refractivity contribution in [2.45, 2.75) is 114 Å². The van der Waals surface area contributed by atoms with Gasteiger partial charge in [-0.05, 0) is 84.6 Å². The maximum Gasteiger partial charge on any atom is 0.408 e. The number of amides is 5. The number of unbranched alkanes of at least 4 members (excludes halogenated alkanes) is 1. The second kappa shape index (κ2) is 21.0.